The van der Waals surface area contributed by atoms with Crippen LogP contribution in [0.1, 0.15) is 12.6 Å². The van der Waals surface area contributed by atoms with Gasteiger partial charge in [-0.05, 0) is 12.5 Å². The van der Waals surface area contributed by atoms with Gasteiger partial charge in [-0.15, -0.1) is 0 Å². The number of nitrogens with zero attached hydrogens (tertiary/aromatic N) is 3. The molecule has 6 nitrogen and oxygen atoms in total. The summed E-state index contributed by atoms with van der Waals surface area (Å²) in [5, 5.41) is 1.01. The van der Waals surface area contributed by atoms with Crippen molar-refractivity contribution in [3.8, 4) is 11.5 Å². The predicted molar refractivity (Wildman–Crippen MR) is 85.1 cm³/mol. The maximum atomic E-state index is 5.40. The summed E-state index contributed by atoms with van der Waals surface area (Å²) in [5.74, 6) is 2.15. The van der Waals surface area contributed by atoms with E-state index >= 15 is 0 Å². The third-order valence-electron chi connectivity index (χ3n) is 3.90. The van der Waals surface area contributed by atoms with Crippen molar-refractivity contribution in [3.05, 3.63) is 17.8 Å². The first-order chi connectivity index (χ1) is 10.8. The Hall–Kier alpha value is -2.08. The molecule has 0 N–H and O–H groups in total. The highest BCUT2D eigenvalue weighted by atomic mass is 16.5. The normalized spacial score (nSPS) is 15.1. The molecular weight excluding hydrogens is 282 g/mol. The fourth-order valence-electron chi connectivity index (χ4n) is 2.68. The predicted octanol–water partition coefficient (Wildman–Crippen LogP) is 2.05. The van der Waals surface area contributed by atoms with E-state index in [-0.39, 0.29) is 0 Å². The summed E-state index contributed by atoms with van der Waals surface area (Å²) >= 11 is 0. The van der Waals surface area contributed by atoms with Crippen LogP contribution in [-0.4, -0.2) is 50.5 Å². The molecule has 1 aromatic heterocycles. The van der Waals surface area contributed by atoms with E-state index in [1.165, 1.54) is 0 Å². The van der Waals surface area contributed by atoms with E-state index in [4.69, 9.17) is 24.2 Å². The average molecular weight is 303 g/mol. The highest BCUT2D eigenvalue weighted by molar-refractivity contribution is 5.85. The van der Waals surface area contributed by atoms with Gasteiger partial charge in [0.25, 0.3) is 0 Å². The number of rotatable bonds is 4. The molecule has 0 saturated carbocycles. The molecule has 2 aromatic rings. The van der Waals surface area contributed by atoms with Crippen molar-refractivity contribution in [1.29, 1.82) is 0 Å². The van der Waals surface area contributed by atoms with Gasteiger partial charge in [0.2, 0.25) is 5.95 Å². The van der Waals surface area contributed by atoms with Crippen molar-refractivity contribution in [1.82, 2.24) is 9.97 Å². The van der Waals surface area contributed by atoms with Crippen LogP contribution in [0, 0.1) is 0 Å². The van der Waals surface area contributed by atoms with Crippen molar-refractivity contribution >= 4 is 16.9 Å². The number of ether oxygens (including phenoxy) is 3. The van der Waals surface area contributed by atoms with E-state index in [2.05, 4.69) is 11.8 Å². The van der Waals surface area contributed by atoms with Gasteiger partial charge in [0.15, 0.2) is 11.5 Å². The smallest absolute Gasteiger partial charge is 0.226 e. The Kier molecular flexibility index (Phi) is 4.29. The summed E-state index contributed by atoms with van der Waals surface area (Å²) in [5.41, 5.74) is 1.90. The summed E-state index contributed by atoms with van der Waals surface area (Å²) in [6.07, 6.45) is 0.839. The van der Waals surface area contributed by atoms with Gasteiger partial charge in [0, 0.05) is 24.5 Å². The third-order valence-corrected chi connectivity index (χ3v) is 3.90. The fraction of sp³-hybridized carbons (Fsp3) is 0.500. The average Bonchev–Trinajstić information content (AvgIpc) is 2.60. The second-order valence-corrected chi connectivity index (χ2v) is 5.15. The van der Waals surface area contributed by atoms with Crippen molar-refractivity contribution in [3.63, 3.8) is 0 Å². The highest BCUT2D eigenvalue weighted by Gasteiger charge is 2.17. The molecule has 1 saturated heterocycles. The van der Waals surface area contributed by atoms with Gasteiger partial charge in [0.1, 0.15) is 0 Å². The van der Waals surface area contributed by atoms with Crippen LogP contribution < -0.4 is 14.4 Å². The molecule has 0 aliphatic carbocycles. The first-order valence-electron chi connectivity index (χ1n) is 7.52. The molecule has 2 heterocycles. The molecule has 1 aliphatic rings. The summed E-state index contributed by atoms with van der Waals surface area (Å²) < 4.78 is 16.2. The highest BCUT2D eigenvalue weighted by Crippen LogP contribution is 2.33. The van der Waals surface area contributed by atoms with E-state index in [9.17, 15) is 0 Å². The molecule has 1 aliphatic heterocycles. The zero-order valence-corrected chi connectivity index (χ0v) is 13.3. The minimum absolute atomic E-state index is 0.684. The van der Waals surface area contributed by atoms with Gasteiger partial charge >= 0.3 is 0 Å². The maximum absolute atomic E-state index is 5.40. The number of fused-ring (bicyclic) bond motifs is 1. The molecule has 0 amide bonds. The standard InChI is InChI=1S/C16H21N3O3/c1-4-12-11-9-14(20-2)15(21-3)10-13(11)18-16(17-12)19-5-7-22-8-6-19/h9-10H,4-8H2,1-3H3. The molecule has 0 atom stereocenters. The fourth-order valence-corrected chi connectivity index (χ4v) is 2.68. The topological polar surface area (TPSA) is 56.7 Å². The van der Waals surface area contributed by atoms with Crippen LogP contribution in [0.3, 0.4) is 0 Å². The van der Waals surface area contributed by atoms with Gasteiger partial charge in [-0.2, -0.15) is 0 Å². The minimum Gasteiger partial charge on any atom is -0.493 e. The van der Waals surface area contributed by atoms with Gasteiger partial charge in [-0.3, -0.25) is 0 Å². The molecule has 1 aromatic carbocycles. The Morgan fingerprint density at radius 1 is 1.09 bits per heavy atom. The Bertz CT molecular complexity index is 669. The number of hydrogen-bond donors (Lipinski definition) is 0. The summed E-state index contributed by atoms with van der Waals surface area (Å²) in [6, 6.07) is 3.87. The zero-order chi connectivity index (χ0) is 15.5. The van der Waals surface area contributed by atoms with Gasteiger partial charge in [-0.25, -0.2) is 9.97 Å². The van der Waals surface area contributed by atoms with Gasteiger partial charge in [-0.1, -0.05) is 6.92 Å². The number of hydrogen-bond acceptors (Lipinski definition) is 6. The number of aryl methyl sites for hydroxylation is 1. The lowest BCUT2D eigenvalue weighted by molar-refractivity contribution is 0.122. The number of benzene rings is 1. The first kappa shape index (κ1) is 14.8. The number of morpholine rings is 1. The molecule has 0 unspecified atom stereocenters. The Morgan fingerprint density at radius 3 is 2.41 bits per heavy atom. The number of aromatic nitrogens is 2. The maximum Gasteiger partial charge on any atom is 0.226 e. The van der Waals surface area contributed by atoms with Crippen LogP contribution in [0.25, 0.3) is 10.9 Å². The largest absolute Gasteiger partial charge is 0.493 e. The van der Waals surface area contributed by atoms with Crippen LogP contribution in [0.15, 0.2) is 12.1 Å². The molecule has 22 heavy (non-hydrogen) atoms. The van der Waals surface area contributed by atoms with Crippen molar-refractivity contribution in [2.24, 2.45) is 0 Å². The van der Waals surface area contributed by atoms with Crippen LogP contribution in [-0.2, 0) is 11.2 Å². The molecular formula is C16H21N3O3. The van der Waals surface area contributed by atoms with Crippen LogP contribution in [0.4, 0.5) is 5.95 Å². The molecule has 0 spiro atoms. The van der Waals surface area contributed by atoms with E-state index < -0.39 is 0 Å². The SMILES string of the molecule is CCc1nc(N2CCOCC2)nc2cc(OC)c(OC)cc12. The van der Waals surface area contributed by atoms with Gasteiger partial charge < -0.3 is 19.1 Å². The van der Waals surface area contributed by atoms with E-state index in [0.717, 1.165) is 55.3 Å². The second-order valence-electron chi connectivity index (χ2n) is 5.15. The van der Waals surface area contributed by atoms with E-state index in [1.807, 2.05) is 12.1 Å². The summed E-state index contributed by atoms with van der Waals surface area (Å²) in [6.45, 7) is 5.18. The Balaban J connectivity index is 2.12. The van der Waals surface area contributed by atoms with Crippen LogP contribution in [0.5, 0.6) is 11.5 Å². The lowest BCUT2D eigenvalue weighted by Crippen LogP contribution is -2.37. The number of anilines is 1. The quantitative estimate of drug-likeness (QED) is 0.861. The summed E-state index contributed by atoms with van der Waals surface area (Å²) in [7, 11) is 3.27. The molecule has 0 radical (unpaired) electrons. The first-order valence-corrected chi connectivity index (χ1v) is 7.52. The lowest BCUT2D eigenvalue weighted by Gasteiger charge is -2.27. The lowest BCUT2D eigenvalue weighted by atomic mass is 10.1. The molecule has 0 bridgehead atoms. The van der Waals surface area contributed by atoms with Crippen molar-refractivity contribution in [2.75, 3.05) is 45.4 Å². The van der Waals surface area contributed by atoms with E-state index in [1.54, 1.807) is 14.2 Å². The summed E-state index contributed by atoms with van der Waals surface area (Å²) in [4.78, 5) is 11.6. The van der Waals surface area contributed by atoms with Crippen LogP contribution in [0.2, 0.25) is 0 Å². The van der Waals surface area contributed by atoms with Crippen molar-refractivity contribution < 1.29 is 14.2 Å². The third kappa shape index (κ3) is 2.66. The minimum atomic E-state index is 0.684. The van der Waals surface area contributed by atoms with Crippen molar-refractivity contribution in [2.45, 2.75) is 13.3 Å². The molecule has 1 fully saturated rings. The van der Waals surface area contributed by atoms with Crippen LogP contribution >= 0.6 is 0 Å². The van der Waals surface area contributed by atoms with E-state index in [0.29, 0.717) is 11.5 Å². The second kappa shape index (κ2) is 6.36. The number of methoxy groups -OCH3 is 2. The zero-order valence-electron chi connectivity index (χ0n) is 13.3. The Labute approximate surface area is 130 Å². The monoisotopic (exact) mass is 303 g/mol. The molecule has 3 rings (SSSR count). The van der Waals surface area contributed by atoms with Gasteiger partial charge in [0.05, 0.1) is 38.6 Å². The molecule has 118 valence electrons. The molecule has 6 heteroatoms. The Morgan fingerprint density at radius 2 is 1.77 bits per heavy atom.